The van der Waals surface area contributed by atoms with Gasteiger partial charge in [0.05, 0.1) is 18.7 Å². The zero-order chi connectivity index (χ0) is 16.0. The van der Waals surface area contributed by atoms with Crippen LogP contribution < -0.4 is 0 Å². The summed E-state index contributed by atoms with van der Waals surface area (Å²) in [6, 6.07) is 1.39. The summed E-state index contributed by atoms with van der Waals surface area (Å²) in [7, 11) is 0. The molecule has 1 N–H and O–H groups in total. The topological polar surface area (TPSA) is 57.4 Å². The molecule has 3 heterocycles. The van der Waals surface area contributed by atoms with Gasteiger partial charge in [0.25, 0.3) is 0 Å². The van der Waals surface area contributed by atoms with Gasteiger partial charge in [-0.2, -0.15) is 0 Å². The second kappa shape index (κ2) is 6.15. The van der Waals surface area contributed by atoms with Crippen LogP contribution in [0.2, 0.25) is 0 Å². The third-order valence-corrected chi connectivity index (χ3v) is 5.93. The van der Waals surface area contributed by atoms with Crippen LogP contribution in [0.15, 0.2) is 0 Å². The molecule has 0 aromatic carbocycles. The number of rotatable bonds is 3. The van der Waals surface area contributed by atoms with Gasteiger partial charge in [-0.05, 0) is 33.1 Å². The van der Waals surface area contributed by atoms with Crippen molar-refractivity contribution in [3.63, 3.8) is 0 Å². The largest absolute Gasteiger partial charge is 0.392 e. The van der Waals surface area contributed by atoms with E-state index in [0.717, 1.165) is 50.3 Å². The third-order valence-electron chi connectivity index (χ3n) is 5.93. The number of aliphatic hydroxyl groups is 1. The number of likely N-dealkylation sites (tertiary alicyclic amines) is 1. The molecule has 0 radical (unpaired) electrons. The maximum absolute atomic E-state index is 10.1. The Morgan fingerprint density at radius 3 is 2.65 bits per heavy atom. The molecular formula is C17H29N5O. The molecule has 128 valence electrons. The lowest BCUT2D eigenvalue weighted by Crippen LogP contribution is -2.41. The Balaban J connectivity index is 1.54. The van der Waals surface area contributed by atoms with Crippen LogP contribution in [0, 0.1) is 0 Å². The molecule has 0 unspecified atom stereocenters. The van der Waals surface area contributed by atoms with E-state index in [9.17, 15) is 5.11 Å². The standard InChI is InChI=1S/C17H29N5O/c1-12(2)22-10-14(23)9-15(22)17-19-18-16-11-20(7-8-21(16)17)13-5-3-4-6-13/h12-15,23H,3-11H2,1-2H3/t14-,15-/m0/s1. The van der Waals surface area contributed by atoms with Crippen molar-refractivity contribution in [2.75, 3.05) is 13.1 Å². The monoisotopic (exact) mass is 319 g/mol. The van der Waals surface area contributed by atoms with Gasteiger partial charge in [-0.25, -0.2) is 0 Å². The minimum Gasteiger partial charge on any atom is -0.392 e. The number of β-amino-alcohol motifs (C(OH)–C–C–N with tert-alkyl or cyclic N) is 1. The zero-order valence-electron chi connectivity index (χ0n) is 14.4. The van der Waals surface area contributed by atoms with Crippen LogP contribution in [-0.4, -0.2) is 60.9 Å². The molecule has 6 nitrogen and oxygen atoms in total. The van der Waals surface area contributed by atoms with Gasteiger partial charge in [0, 0.05) is 31.7 Å². The summed E-state index contributed by atoms with van der Waals surface area (Å²) in [5.74, 6) is 2.18. The molecule has 0 spiro atoms. The molecule has 2 fully saturated rings. The number of nitrogens with zero attached hydrogens (tertiary/aromatic N) is 5. The van der Waals surface area contributed by atoms with E-state index < -0.39 is 0 Å². The molecule has 3 aliphatic rings. The van der Waals surface area contributed by atoms with Gasteiger partial charge in [-0.3, -0.25) is 9.80 Å². The Morgan fingerprint density at radius 2 is 1.91 bits per heavy atom. The van der Waals surface area contributed by atoms with Crippen molar-refractivity contribution in [1.82, 2.24) is 24.6 Å². The highest BCUT2D eigenvalue weighted by Crippen LogP contribution is 2.34. The van der Waals surface area contributed by atoms with Crippen LogP contribution in [0.5, 0.6) is 0 Å². The second-order valence-electron chi connectivity index (χ2n) is 7.73. The van der Waals surface area contributed by atoms with Crippen molar-refractivity contribution >= 4 is 0 Å². The van der Waals surface area contributed by atoms with Gasteiger partial charge in [0.2, 0.25) is 0 Å². The first-order valence-electron chi connectivity index (χ1n) is 9.23. The van der Waals surface area contributed by atoms with Gasteiger partial charge in [-0.15, -0.1) is 10.2 Å². The summed E-state index contributed by atoms with van der Waals surface area (Å²) in [5, 5.41) is 19.1. The summed E-state index contributed by atoms with van der Waals surface area (Å²) >= 11 is 0. The van der Waals surface area contributed by atoms with Crippen molar-refractivity contribution < 1.29 is 5.11 Å². The first-order valence-corrected chi connectivity index (χ1v) is 9.23. The van der Waals surface area contributed by atoms with E-state index >= 15 is 0 Å². The van der Waals surface area contributed by atoms with E-state index in [2.05, 4.69) is 38.4 Å². The molecule has 23 heavy (non-hydrogen) atoms. The zero-order valence-corrected chi connectivity index (χ0v) is 14.4. The molecule has 4 rings (SSSR count). The number of hydrogen-bond donors (Lipinski definition) is 1. The fourth-order valence-electron chi connectivity index (χ4n) is 4.69. The molecule has 2 atom stereocenters. The van der Waals surface area contributed by atoms with Gasteiger partial charge in [-0.1, -0.05) is 12.8 Å². The van der Waals surface area contributed by atoms with Gasteiger partial charge in [0.1, 0.15) is 5.82 Å². The van der Waals surface area contributed by atoms with Crippen molar-refractivity contribution in [3.05, 3.63) is 11.6 Å². The summed E-state index contributed by atoms with van der Waals surface area (Å²) < 4.78 is 2.32. The Labute approximate surface area is 138 Å². The Kier molecular flexibility index (Phi) is 4.15. The van der Waals surface area contributed by atoms with E-state index in [4.69, 9.17) is 0 Å². The minimum absolute atomic E-state index is 0.212. The molecule has 0 amide bonds. The molecule has 1 saturated carbocycles. The van der Waals surface area contributed by atoms with E-state index in [1.54, 1.807) is 0 Å². The fourth-order valence-corrected chi connectivity index (χ4v) is 4.69. The number of aliphatic hydroxyl groups excluding tert-OH is 1. The Morgan fingerprint density at radius 1 is 1.13 bits per heavy atom. The lowest BCUT2D eigenvalue weighted by atomic mass is 10.1. The van der Waals surface area contributed by atoms with Crippen LogP contribution >= 0.6 is 0 Å². The molecule has 1 saturated heterocycles. The Bertz CT molecular complexity index is 551. The number of hydrogen-bond acceptors (Lipinski definition) is 5. The normalized spacial score (nSPS) is 30.4. The lowest BCUT2D eigenvalue weighted by molar-refractivity contribution is 0.144. The third kappa shape index (κ3) is 2.81. The lowest BCUT2D eigenvalue weighted by Gasteiger charge is -2.34. The number of aromatic nitrogens is 3. The van der Waals surface area contributed by atoms with Gasteiger partial charge < -0.3 is 9.67 Å². The molecular weight excluding hydrogens is 290 g/mol. The van der Waals surface area contributed by atoms with Crippen molar-refractivity contribution in [1.29, 1.82) is 0 Å². The quantitative estimate of drug-likeness (QED) is 0.916. The summed E-state index contributed by atoms with van der Waals surface area (Å²) in [5.41, 5.74) is 0. The molecule has 2 aliphatic heterocycles. The van der Waals surface area contributed by atoms with Gasteiger partial charge >= 0.3 is 0 Å². The first-order chi connectivity index (χ1) is 11.1. The van der Waals surface area contributed by atoms with Crippen LogP contribution in [0.4, 0.5) is 0 Å². The summed E-state index contributed by atoms with van der Waals surface area (Å²) in [6.07, 6.45) is 5.98. The van der Waals surface area contributed by atoms with Crippen LogP contribution in [-0.2, 0) is 13.1 Å². The van der Waals surface area contributed by atoms with E-state index in [1.165, 1.54) is 25.7 Å². The second-order valence-corrected chi connectivity index (χ2v) is 7.73. The number of fused-ring (bicyclic) bond motifs is 1. The fraction of sp³-hybridized carbons (Fsp3) is 0.882. The van der Waals surface area contributed by atoms with Crippen LogP contribution in [0.3, 0.4) is 0 Å². The minimum atomic E-state index is -0.242. The van der Waals surface area contributed by atoms with E-state index in [1.807, 2.05) is 0 Å². The summed E-state index contributed by atoms with van der Waals surface area (Å²) in [4.78, 5) is 4.97. The molecule has 1 aliphatic carbocycles. The SMILES string of the molecule is CC(C)N1C[C@@H](O)C[C@H]1c1nnc2n1CCN(C1CCCC1)C2. The summed E-state index contributed by atoms with van der Waals surface area (Å²) in [6.45, 7) is 8.18. The maximum atomic E-state index is 10.1. The predicted molar refractivity (Wildman–Crippen MR) is 87.9 cm³/mol. The van der Waals surface area contributed by atoms with Crippen molar-refractivity contribution in [3.8, 4) is 0 Å². The van der Waals surface area contributed by atoms with E-state index in [-0.39, 0.29) is 12.1 Å². The Hall–Kier alpha value is -0.980. The average Bonchev–Trinajstić information content (AvgIpc) is 3.25. The van der Waals surface area contributed by atoms with Crippen molar-refractivity contribution in [2.45, 2.75) is 83.3 Å². The highest BCUT2D eigenvalue weighted by Gasteiger charge is 2.38. The first kappa shape index (κ1) is 15.5. The maximum Gasteiger partial charge on any atom is 0.150 e. The van der Waals surface area contributed by atoms with Crippen LogP contribution in [0.25, 0.3) is 0 Å². The molecule has 6 heteroatoms. The molecule has 1 aromatic rings. The average molecular weight is 319 g/mol. The smallest absolute Gasteiger partial charge is 0.150 e. The predicted octanol–water partition coefficient (Wildman–Crippen LogP) is 1.55. The highest BCUT2D eigenvalue weighted by atomic mass is 16.3. The van der Waals surface area contributed by atoms with Crippen molar-refractivity contribution in [2.24, 2.45) is 0 Å². The van der Waals surface area contributed by atoms with Gasteiger partial charge in [0.15, 0.2) is 5.82 Å². The van der Waals surface area contributed by atoms with E-state index in [0.29, 0.717) is 6.04 Å². The van der Waals surface area contributed by atoms with Crippen LogP contribution in [0.1, 0.15) is 63.6 Å². The molecule has 1 aromatic heterocycles. The molecule has 0 bridgehead atoms. The highest BCUT2D eigenvalue weighted by molar-refractivity contribution is 5.08.